The summed E-state index contributed by atoms with van der Waals surface area (Å²) in [5, 5.41) is 21.2. The lowest BCUT2D eigenvalue weighted by Gasteiger charge is -2.28. The molecule has 0 saturated heterocycles. The molecule has 0 aliphatic heterocycles. The first-order chi connectivity index (χ1) is 14.5. The van der Waals surface area contributed by atoms with E-state index in [2.05, 4.69) is 5.32 Å². The van der Waals surface area contributed by atoms with Gasteiger partial charge in [-0.1, -0.05) is 48.5 Å². The second kappa shape index (κ2) is 9.58. The zero-order valence-electron chi connectivity index (χ0n) is 18.5. The summed E-state index contributed by atoms with van der Waals surface area (Å²) in [6, 6.07) is 8.98. The van der Waals surface area contributed by atoms with E-state index in [1.165, 1.54) is 24.3 Å². The van der Waals surface area contributed by atoms with Crippen molar-refractivity contribution in [3.8, 4) is 11.1 Å². The third kappa shape index (κ3) is 7.91. The molecule has 3 N–H and O–H groups in total. The normalized spacial score (nSPS) is 14.8. The Bertz CT molecular complexity index is 895. The summed E-state index contributed by atoms with van der Waals surface area (Å²) in [5.74, 6) is -1.55. The van der Waals surface area contributed by atoms with Gasteiger partial charge in [-0.25, -0.2) is 4.39 Å². The summed E-state index contributed by atoms with van der Waals surface area (Å²) in [5.41, 5.74) is -0.571. The summed E-state index contributed by atoms with van der Waals surface area (Å²) >= 11 is 0. The van der Waals surface area contributed by atoms with Crippen LogP contribution >= 0.6 is 0 Å². The van der Waals surface area contributed by atoms with E-state index < -0.39 is 41.9 Å². The van der Waals surface area contributed by atoms with E-state index in [4.69, 9.17) is 0 Å². The minimum Gasteiger partial charge on any atom is -0.480 e. The van der Waals surface area contributed by atoms with Gasteiger partial charge in [-0.05, 0) is 49.9 Å². The molecule has 0 aromatic heterocycles. The van der Waals surface area contributed by atoms with Crippen molar-refractivity contribution in [1.29, 1.82) is 0 Å². The van der Waals surface area contributed by atoms with Gasteiger partial charge in [0, 0.05) is 12.8 Å². The van der Waals surface area contributed by atoms with Crippen LogP contribution in [0, 0.1) is 0 Å². The van der Waals surface area contributed by atoms with E-state index >= 15 is 0 Å². The van der Waals surface area contributed by atoms with Crippen molar-refractivity contribution in [2.75, 3.05) is 0 Å². The SMILES string of the molecule is CC(C)(O)Cc1ccc(-c2ccc([C@H](NC(CC(C)(C)F)C(=O)O)C(F)(F)F)cc2)cc1. The van der Waals surface area contributed by atoms with E-state index in [9.17, 15) is 32.6 Å². The Hall–Kier alpha value is -2.45. The van der Waals surface area contributed by atoms with E-state index in [-0.39, 0.29) is 5.56 Å². The molecule has 4 nitrogen and oxygen atoms in total. The third-order valence-electron chi connectivity index (χ3n) is 4.85. The van der Waals surface area contributed by atoms with E-state index in [1.807, 2.05) is 24.3 Å². The first kappa shape index (κ1) is 25.8. The zero-order valence-corrected chi connectivity index (χ0v) is 18.5. The molecule has 2 rings (SSSR count). The molecule has 32 heavy (non-hydrogen) atoms. The van der Waals surface area contributed by atoms with Crippen LogP contribution in [0.1, 0.15) is 51.3 Å². The van der Waals surface area contributed by atoms with E-state index in [1.54, 1.807) is 13.8 Å². The number of carbonyl (C=O) groups is 1. The van der Waals surface area contributed by atoms with E-state index in [0.717, 1.165) is 25.0 Å². The lowest BCUT2D eigenvalue weighted by atomic mass is 9.95. The third-order valence-corrected chi connectivity index (χ3v) is 4.85. The van der Waals surface area contributed by atoms with Gasteiger partial charge >= 0.3 is 12.1 Å². The van der Waals surface area contributed by atoms with Crippen LogP contribution in [0.5, 0.6) is 0 Å². The topological polar surface area (TPSA) is 69.6 Å². The second-order valence-corrected chi connectivity index (χ2v) is 9.26. The van der Waals surface area contributed by atoms with Crippen LogP contribution in [-0.4, -0.2) is 39.7 Å². The summed E-state index contributed by atoms with van der Waals surface area (Å²) in [7, 11) is 0. The molecular formula is C24H29F4NO3. The molecule has 176 valence electrons. The summed E-state index contributed by atoms with van der Waals surface area (Å²) in [4.78, 5) is 11.4. The van der Waals surface area contributed by atoms with Crippen LogP contribution in [0.3, 0.4) is 0 Å². The molecule has 1 unspecified atom stereocenters. The van der Waals surface area contributed by atoms with Gasteiger partial charge in [0.1, 0.15) is 17.8 Å². The Kier molecular flexibility index (Phi) is 7.73. The highest BCUT2D eigenvalue weighted by atomic mass is 19.4. The maximum Gasteiger partial charge on any atom is 0.407 e. The Morgan fingerprint density at radius 3 is 1.75 bits per heavy atom. The van der Waals surface area contributed by atoms with Gasteiger partial charge in [0.2, 0.25) is 0 Å². The number of carboxylic acids is 1. The second-order valence-electron chi connectivity index (χ2n) is 9.26. The number of rotatable bonds is 9. The molecule has 2 aromatic carbocycles. The smallest absolute Gasteiger partial charge is 0.407 e. The average molecular weight is 455 g/mol. The molecule has 0 heterocycles. The van der Waals surface area contributed by atoms with Crippen molar-refractivity contribution in [2.45, 2.75) is 70.1 Å². The van der Waals surface area contributed by atoms with Crippen LogP contribution in [0.25, 0.3) is 11.1 Å². The molecule has 2 aromatic rings. The van der Waals surface area contributed by atoms with Crippen LogP contribution < -0.4 is 5.32 Å². The molecular weight excluding hydrogens is 426 g/mol. The van der Waals surface area contributed by atoms with Gasteiger partial charge in [0.25, 0.3) is 0 Å². The lowest BCUT2D eigenvalue weighted by Crippen LogP contribution is -2.47. The zero-order chi connectivity index (χ0) is 24.3. The van der Waals surface area contributed by atoms with Crippen molar-refractivity contribution in [1.82, 2.24) is 5.32 Å². The number of carboxylic acid groups (broad SMARTS) is 1. The highest BCUT2D eigenvalue weighted by Gasteiger charge is 2.43. The predicted octanol–water partition coefficient (Wildman–Crippen LogP) is 5.45. The van der Waals surface area contributed by atoms with Crippen molar-refractivity contribution in [3.63, 3.8) is 0 Å². The monoisotopic (exact) mass is 455 g/mol. The number of benzene rings is 2. The lowest BCUT2D eigenvalue weighted by molar-refractivity contribution is -0.164. The highest BCUT2D eigenvalue weighted by Crippen LogP contribution is 2.35. The fourth-order valence-electron chi connectivity index (χ4n) is 3.47. The number of nitrogens with one attached hydrogen (secondary N) is 1. The standard InChI is InChI=1S/C24H29F4NO3/c1-22(2,25)14-19(21(30)31)29-20(24(26,27)28)18-11-9-17(10-12-18)16-7-5-15(6-8-16)13-23(3,4)32/h5-12,19-20,29,32H,13-14H2,1-4H3,(H,30,31)/t19?,20-/m0/s1. The first-order valence-electron chi connectivity index (χ1n) is 10.2. The molecule has 0 radical (unpaired) electrons. The number of aliphatic carboxylic acids is 1. The molecule has 0 fully saturated rings. The number of aliphatic hydroxyl groups is 1. The Morgan fingerprint density at radius 2 is 1.38 bits per heavy atom. The van der Waals surface area contributed by atoms with Crippen molar-refractivity contribution in [3.05, 3.63) is 59.7 Å². The molecule has 2 atom stereocenters. The Morgan fingerprint density at radius 1 is 0.906 bits per heavy atom. The quantitative estimate of drug-likeness (QED) is 0.440. The van der Waals surface area contributed by atoms with Crippen molar-refractivity contribution < 1.29 is 32.6 Å². The fraction of sp³-hybridized carbons (Fsp3) is 0.458. The minimum atomic E-state index is -4.77. The summed E-state index contributed by atoms with van der Waals surface area (Å²) < 4.78 is 55.0. The number of halogens is 4. The van der Waals surface area contributed by atoms with Crippen molar-refractivity contribution in [2.24, 2.45) is 0 Å². The Balaban J connectivity index is 2.26. The Labute approximate surface area is 185 Å². The van der Waals surface area contributed by atoms with Crippen LogP contribution in [0.15, 0.2) is 48.5 Å². The van der Waals surface area contributed by atoms with Gasteiger partial charge in [0.15, 0.2) is 0 Å². The maximum atomic E-state index is 13.9. The fourth-order valence-corrected chi connectivity index (χ4v) is 3.47. The van der Waals surface area contributed by atoms with Gasteiger partial charge in [-0.3, -0.25) is 10.1 Å². The largest absolute Gasteiger partial charge is 0.480 e. The summed E-state index contributed by atoms with van der Waals surface area (Å²) in [6.07, 6.45) is -4.91. The van der Waals surface area contributed by atoms with E-state index in [0.29, 0.717) is 12.0 Å². The average Bonchev–Trinajstić information content (AvgIpc) is 2.62. The number of alkyl halides is 4. The molecule has 0 aliphatic carbocycles. The summed E-state index contributed by atoms with van der Waals surface area (Å²) in [6.45, 7) is 5.64. The maximum absolute atomic E-state index is 13.9. The van der Waals surface area contributed by atoms with Gasteiger partial charge in [-0.15, -0.1) is 0 Å². The molecule has 8 heteroatoms. The van der Waals surface area contributed by atoms with Gasteiger partial charge in [-0.2, -0.15) is 13.2 Å². The molecule has 0 bridgehead atoms. The van der Waals surface area contributed by atoms with Crippen LogP contribution in [0.4, 0.5) is 17.6 Å². The number of hydrogen-bond acceptors (Lipinski definition) is 3. The highest BCUT2D eigenvalue weighted by molar-refractivity contribution is 5.73. The van der Waals surface area contributed by atoms with Crippen LogP contribution in [0.2, 0.25) is 0 Å². The van der Waals surface area contributed by atoms with Gasteiger partial charge in [0.05, 0.1) is 5.60 Å². The molecule has 0 spiro atoms. The molecule has 0 aliphatic rings. The molecule has 0 amide bonds. The molecule has 0 saturated carbocycles. The van der Waals surface area contributed by atoms with Crippen molar-refractivity contribution >= 4 is 5.97 Å². The first-order valence-corrected chi connectivity index (χ1v) is 10.2. The minimum absolute atomic E-state index is 0.164. The van der Waals surface area contributed by atoms with Crippen LogP contribution in [-0.2, 0) is 11.2 Å². The van der Waals surface area contributed by atoms with Gasteiger partial charge < -0.3 is 10.2 Å². The number of hydrogen-bond donors (Lipinski definition) is 3. The predicted molar refractivity (Wildman–Crippen MR) is 115 cm³/mol.